The Kier molecular flexibility index (Phi) is 7.01. The summed E-state index contributed by atoms with van der Waals surface area (Å²) in [5.41, 5.74) is 6.18. The molecule has 2 N–H and O–H groups in total. The molecule has 0 aliphatic heterocycles. The van der Waals surface area contributed by atoms with Gasteiger partial charge in [-0.1, -0.05) is 26.2 Å². The third-order valence-electron chi connectivity index (χ3n) is 3.75. The second-order valence-corrected chi connectivity index (χ2v) is 4.93. The van der Waals surface area contributed by atoms with Gasteiger partial charge in [-0.05, 0) is 24.7 Å². The first-order chi connectivity index (χ1) is 7.77. The van der Waals surface area contributed by atoms with Crippen LogP contribution >= 0.6 is 0 Å². The van der Waals surface area contributed by atoms with Gasteiger partial charge in [-0.15, -0.1) is 0 Å². The van der Waals surface area contributed by atoms with Crippen LogP contribution in [0.25, 0.3) is 0 Å². The van der Waals surface area contributed by atoms with E-state index < -0.39 is 0 Å². The minimum absolute atomic E-state index is 0.214. The Labute approximate surface area is 99.7 Å². The number of nitrogens with two attached hydrogens (primary N) is 1. The molecule has 3 nitrogen and oxygen atoms in total. The molecule has 1 aliphatic rings. The number of methoxy groups -OCH3 is 1. The molecule has 1 rings (SSSR count). The monoisotopic (exact) mass is 229 g/mol. The van der Waals surface area contributed by atoms with Crippen molar-refractivity contribution < 1.29 is 9.47 Å². The molecule has 1 fully saturated rings. The van der Waals surface area contributed by atoms with Gasteiger partial charge in [0.2, 0.25) is 0 Å². The molecular weight excluding hydrogens is 202 g/mol. The zero-order valence-electron chi connectivity index (χ0n) is 10.8. The van der Waals surface area contributed by atoms with Crippen molar-refractivity contribution in [3.8, 4) is 0 Å². The van der Waals surface area contributed by atoms with Crippen molar-refractivity contribution in [3.05, 3.63) is 0 Å². The summed E-state index contributed by atoms with van der Waals surface area (Å²) in [6.07, 6.45) is 6.61. The Morgan fingerprint density at radius 3 is 2.81 bits per heavy atom. The summed E-state index contributed by atoms with van der Waals surface area (Å²) in [7, 11) is 1.69. The quantitative estimate of drug-likeness (QED) is 0.681. The van der Waals surface area contributed by atoms with Gasteiger partial charge in [0, 0.05) is 13.2 Å². The number of rotatable bonds is 7. The predicted octanol–water partition coefficient (Wildman–Crippen LogP) is 2.19. The second-order valence-electron chi connectivity index (χ2n) is 4.93. The third kappa shape index (κ3) is 4.81. The summed E-state index contributed by atoms with van der Waals surface area (Å²) in [5.74, 6) is 1.56. The predicted molar refractivity (Wildman–Crippen MR) is 66.4 cm³/mol. The fourth-order valence-electron chi connectivity index (χ4n) is 2.59. The van der Waals surface area contributed by atoms with Crippen LogP contribution in [-0.2, 0) is 9.47 Å². The van der Waals surface area contributed by atoms with Crippen LogP contribution in [0.4, 0.5) is 0 Å². The van der Waals surface area contributed by atoms with E-state index >= 15 is 0 Å². The van der Waals surface area contributed by atoms with E-state index in [-0.39, 0.29) is 6.04 Å². The number of hydrogen-bond acceptors (Lipinski definition) is 3. The molecule has 0 amide bonds. The smallest absolute Gasteiger partial charge is 0.0701 e. The summed E-state index contributed by atoms with van der Waals surface area (Å²) in [4.78, 5) is 0. The molecule has 0 aromatic heterocycles. The lowest BCUT2D eigenvalue weighted by molar-refractivity contribution is 0.0495. The first-order valence-corrected chi connectivity index (χ1v) is 6.60. The van der Waals surface area contributed by atoms with E-state index in [9.17, 15) is 0 Å². The Balaban J connectivity index is 2.16. The molecule has 16 heavy (non-hydrogen) atoms. The normalized spacial score (nSPS) is 27.9. The van der Waals surface area contributed by atoms with Gasteiger partial charge in [-0.3, -0.25) is 0 Å². The van der Waals surface area contributed by atoms with Crippen LogP contribution < -0.4 is 5.73 Å². The maximum absolute atomic E-state index is 6.18. The summed E-state index contributed by atoms with van der Waals surface area (Å²) in [6.45, 7) is 4.29. The first kappa shape index (κ1) is 13.9. The average Bonchev–Trinajstić information content (AvgIpc) is 2.34. The highest BCUT2D eigenvalue weighted by atomic mass is 16.5. The Morgan fingerprint density at radius 2 is 2.12 bits per heavy atom. The van der Waals surface area contributed by atoms with E-state index in [1.165, 1.54) is 32.1 Å². The van der Waals surface area contributed by atoms with Gasteiger partial charge in [-0.25, -0.2) is 0 Å². The zero-order chi connectivity index (χ0) is 11.8. The van der Waals surface area contributed by atoms with Crippen LogP contribution in [0.1, 0.15) is 39.0 Å². The molecule has 1 saturated carbocycles. The molecule has 3 heteroatoms. The maximum Gasteiger partial charge on any atom is 0.0701 e. The fraction of sp³-hybridized carbons (Fsp3) is 1.00. The van der Waals surface area contributed by atoms with Gasteiger partial charge < -0.3 is 15.2 Å². The average molecular weight is 229 g/mol. The highest BCUT2D eigenvalue weighted by Crippen LogP contribution is 2.32. The molecule has 0 aromatic rings. The largest absolute Gasteiger partial charge is 0.382 e. The Hall–Kier alpha value is -0.120. The van der Waals surface area contributed by atoms with Crippen molar-refractivity contribution >= 4 is 0 Å². The summed E-state index contributed by atoms with van der Waals surface area (Å²) < 4.78 is 10.4. The van der Waals surface area contributed by atoms with Gasteiger partial charge in [0.15, 0.2) is 0 Å². The van der Waals surface area contributed by atoms with Crippen molar-refractivity contribution in [1.82, 2.24) is 0 Å². The van der Waals surface area contributed by atoms with Gasteiger partial charge in [0.05, 0.1) is 19.8 Å². The van der Waals surface area contributed by atoms with E-state index in [1.807, 2.05) is 0 Å². The highest BCUT2D eigenvalue weighted by Gasteiger charge is 2.25. The number of ether oxygens (including phenoxy) is 2. The van der Waals surface area contributed by atoms with Crippen molar-refractivity contribution in [2.24, 2.45) is 17.6 Å². The Bertz CT molecular complexity index is 175. The fourth-order valence-corrected chi connectivity index (χ4v) is 2.59. The van der Waals surface area contributed by atoms with Crippen LogP contribution in [0.2, 0.25) is 0 Å². The van der Waals surface area contributed by atoms with Gasteiger partial charge in [0.1, 0.15) is 0 Å². The van der Waals surface area contributed by atoms with Crippen molar-refractivity contribution in [1.29, 1.82) is 0 Å². The van der Waals surface area contributed by atoms with Crippen LogP contribution in [0.3, 0.4) is 0 Å². The summed E-state index contributed by atoms with van der Waals surface area (Å²) >= 11 is 0. The summed E-state index contributed by atoms with van der Waals surface area (Å²) in [6, 6.07) is 0.214. The SMILES string of the molecule is CCC1CCCC(C(N)COCCOC)C1. The zero-order valence-corrected chi connectivity index (χ0v) is 10.8. The molecule has 96 valence electrons. The van der Waals surface area contributed by atoms with Crippen molar-refractivity contribution in [2.45, 2.75) is 45.1 Å². The lowest BCUT2D eigenvalue weighted by Gasteiger charge is -2.32. The highest BCUT2D eigenvalue weighted by molar-refractivity contribution is 4.79. The van der Waals surface area contributed by atoms with Gasteiger partial charge in [-0.2, -0.15) is 0 Å². The minimum Gasteiger partial charge on any atom is -0.382 e. The van der Waals surface area contributed by atoms with E-state index in [4.69, 9.17) is 15.2 Å². The molecule has 1 aliphatic carbocycles. The molecule has 0 radical (unpaired) electrons. The lowest BCUT2D eigenvalue weighted by atomic mass is 9.77. The molecule has 3 atom stereocenters. The van der Waals surface area contributed by atoms with Crippen LogP contribution in [-0.4, -0.2) is 33.0 Å². The molecule has 0 aromatic carbocycles. The third-order valence-corrected chi connectivity index (χ3v) is 3.75. The van der Waals surface area contributed by atoms with E-state index in [2.05, 4.69) is 6.92 Å². The minimum atomic E-state index is 0.214. The lowest BCUT2D eigenvalue weighted by Crippen LogP contribution is -2.37. The topological polar surface area (TPSA) is 44.5 Å². The van der Waals surface area contributed by atoms with Gasteiger partial charge in [0.25, 0.3) is 0 Å². The van der Waals surface area contributed by atoms with E-state index in [0.717, 1.165) is 5.92 Å². The van der Waals surface area contributed by atoms with Crippen LogP contribution in [0, 0.1) is 11.8 Å². The van der Waals surface area contributed by atoms with E-state index in [1.54, 1.807) is 7.11 Å². The molecule has 0 heterocycles. The van der Waals surface area contributed by atoms with Gasteiger partial charge >= 0.3 is 0 Å². The maximum atomic E-state index is 6.18. The van der Waals surface area contributed by atoms with Crippen LogP contribution in [0.15, 0.2) is 0 Å². The molecule has 0 bridgehead atoms. The van der Waals surface area contributed by atoms with Crippen LogP contribution in [0.5, 0.6) is 0 Å². The summed E-state index contributed by atoms with van der Waals surface area (Å²) in [5, 5.41) is 0. The van der Waals surface area contributed by atoms with Crippen molar-refractivity contribution in [2.75, 3.05) is 26.9 Å². The molecule has 3 unspecified atom stereocenters. The molecular formula is C13H27NO2. The first-order valence-electron chi connectivity index (χ1n) is 6.60. The number of hydrogen-bond donors (Lipinski definition) is 1. The second kappa shape index (κ2) is 8.04. The molecule has 0 spiro atoms. The van der Waals surface area contributed by atoms with Crippen molar-refractivity contribution in [3.63, 3.8) is 0 Å². The molecule has 0 saturated heterocycles. The standard InChI is InChI=1S/C13H27NO2/c1-3-11-5-4-6-12(9-11)13(14)10-16-8-7-15-2/h11-13H,3-10,14H2,1-2H3. The van der Waals surface area contributed by atoms with E-state index in [0.29, 0.717) is 25.7 Å². The Morgan fingerprint density at radius 1 is 1.31 bits per heavy atom.